The van der Waals surface area contributed by atoms with Crippen molar-refractivity contribution in [2.24, 2.45) is 17.8 Å². The second-order valence-electron chi connectivity index (χ2n) is 5.71. The number of nitriles is 1. The van der Waals surface area contributed by atoms with Gasteiger partial charge in [0.25, 0.3) is 0 Å². The summed E-state index contributed by atoms with van der Waals surface area (Å²) in [7, 11) is 0. The van der Waals surface area contributed by atoms with E-state index in [2.05, 4.69) is 11.4 Å². The Morgan fingerprint density at radius 1 is 1.07 bits per heavy atom. The first kappa shape index (κ1) is 8.73. The molecule has 0 radical (unpaired) electrons. The minimum absolute atomic E-state index is 0.379. The molecule has 76 valence electrons. The Kier molecular flexibility index (Phi) is 1.85. The van der Waals surface area contributed by atoms with Crippen molar-refractivity contribution in [1.82, 2.24) is 5.32 Å². The molecule has 0 saturated heterocycles. The minimum Gasteiger partial charge on any atom is -0.299 e. The monoisotopic (exact) mass is 190 g/mol. The van der Waals surface area contributed by atoms with Gasteiger partial charge in [0.05, 0.1) is 12.6 Å². The summed E-state index contributed by atoms with van der Waals surface area (Å²) in [6.07, 6.45) is 8.48. The normalized spacial score (nSPS) is 49.2. The highest BCUT2D eigenvalue weighted by Crippen LogP contribution is 2.55. The van der Waals surface area contributed by atoms with Crippen LogP contribution < -0.4 is 5.32 Å². The lowest BCUT2D eigenvalue weighted by Gasteiger charge is -2.57. The Morgan fingerprint density at radius 3 is 2.00 bits per heavy atom. The van der Waals surface area contributed by atoms with Crippen LogP contribution >= 0.6 is 0 Å². The van der Waals surface area contributed by atoms with E-state index < -0.39 is 0 Å². The van der Waals surface area contributed by atoms with Gasteiger partial charge in [-0.25, -0.2) is 0 Å². The van der Waals surface area contributed by atoms with Gasteiger partial charge in [0.15, 0.2) is 0 Å². The fraction of sp³-hybridized carbons (Fsp3) is 0.917. The molecule has 0 aromatic carbocycles. The van der Waals surface area contributed by atoms with Crippen LogP contribution in [0.25, 0.3) is 0 Å². The van der Waals surface area contributed by atoms with Crippen molar-refractivity contribution in [2.45, 2.75) is 44.1 Å². The van der Waals surface area contributed by atoms with Crippen LogP contribution in [0.5, 0.6) is 0 Å². The molecular weight excluding hydrogens is 172 g/mol. The molecule has 0 heterocycles. The second kappa shape index (κ2) is 2.97. The summed E-state index contributed by atoms with van der Waals surface area (Å²) in [5, 5.41) is 12.2. The zero-order valence-electron chi connectivity index (χ0n) is 8.63. The number of hydrogen-bond acceptors (Lipinski definition) is 2. The highest BCUT2D eigenvalue weighted by Gasteiger charge is 2.50. The molecule has 0 unspecified atom stereocenters. The van der Waals surface area contributed by atoms with Gasteiger partial charge in [-0.1, -0.05) is 0 Å². The topological polar surface area (TPSA) is 35.8 Å². The van der Waals surface area contributed by atoms with E-state index >= 15 is 0 Å². The molecule has 0 atom stereocenters. The predicted octanol–water partition coefficient (Wildman–Crippen LogP) is 2.07. The van der Waals surface area contributed by atoms with Crippen LogP contribution in [0.2, 0.25) is 0 Å². The molecule has 4 bridgehead atoms. The molecular formula is C12H18N2. The number of nitrogens with one attached hydrogen (secondary N) is 1. The third-order valence-electron chi connectivity index (χ3n) is 4.58. The highest BCUT2D eigenvalue weighted by atomic mass is 15.0. The maximum absolute atomic E-state index is 8.66. The average molecular weight is 190 g/mol. The lowest BCUT2D eigenvalue weighted by Crippen LogP contribution is -2.58. The molecule has 4 saturated carbocycles. The third kappa shape index (κ3) is 1.26. The van der Waals surface area contributed by atoms with E-state index in [0.717, 1.165) is 17.8 Å². The van der Waals surface area contributed by atoms with Crippen LogP contribution in [0.4, 0.5) is 0 Å². The van der Waals surface area contributed by atoms with Crippen molar-refractivity contribution in [3.8, 4) is 6.07 Å². The van der Waals surface area contributed by atoms with E-state index in [9.17, 15) is 0 Å². The van der Waals surface area contributed by atoms with Crippen LogP contribution in [0.3, 0.4) is 0 Å². The van der Waals surface area contributed by atoms with Crippen LogP contribution in [0.15, 0.2) is 0 Å². The van der Waals surface area contributed by atoms with Gasteiger partial charge in [-0.2, -0.15) is 5.26 Å². The van der Waals surface area contributed by atoms with Crippen molar-refractivity contribution < 1.29 is 0 Å². The standard InChI is InChI=1S/C12H18N2/c13-1-2-14-12-6-9-3-10(7-12)5-11(4-9)8-12/h9-11,14H,2-8H2. The lowest BCUT2D eigenvalue weighted by atomic mass is 9.53. The third-order valence-corrected chi connectivity index (χ3v) is 4.58. The zero-order chi connectivity index (χ0) is 9.60. The summed E-state index contributed by atoms with van der Waals surface area (Å²) >= 11 is 0. The Labute approximate surface area is 85.7 Å². The van der Waals surface area contributed by atoms with Crippen LogP contribution in [-0.2, 0) is 0 Å². The first-order valence-electron chi connectivity index (χ1n) is 5.92. The molecule has 4 rings (SSSR count). The van der Waals surface area contributed by atoms with Crippen molar-refractivity contribution in [2.75, 3.05) is 6.54 Å². The fourth-order valence-corrected chi connectivity index (χ4v) is 4.55. The van der Waals surface area contributed by atoms with Crippen LogP contribution in [0, 0.1) is 29.1 Å². The molecule has 2 nitrogen and oxygen atoms in total. The summed E-state index contributed by atoms with van der Waals surface area (Å²) in [6, 6.07) is 2.23. The van der Waals surface area contributed by atoms with Crippen molar-refractivity contribution >= 4 is 0 Å². The highest BCUT2D eigenvalue weighted by molar-refractivity contribution is 5.07. The number of nitrogens with zero attached hydrogens (tertiary/aromatic N) is 1. The van der Waals surface area contributed by atoms with Gasteiger partial charge >= 0.3 is 0 Å². The maximum Gasteiger partial charge on any atom is 0.0845 e. The smallest absolute Gasteiger partial charge is 0.0845 e. The molecule has 4 aliphatic rings. The SMILES string of the molecule is N#CCNC12CC3CC(CC(C3)C1)C2. The van der Waals surface area contributed by atoms with E-state index in [1.165, 1.54) is 38.5 Å². The largest absolute Gasteiger partial charge is 0.299 e. The van der Waals surface area contributed by atoms with Gasteiger partial charge in [-0.3, -0.25) is 5.32 Å². The van der Waals surface area contributed by atoms with E-state index in [1.54, 1.807) is 0 Å². The zero-order valence-corrected chi connectivity index (χ0v) is 8.63. The van der Waals surface area contributed by atoms with Gasteiger partial charge in [-0.15, -0.1) is 0 Å². The summed E-state index contributed by atoms with van der Waals surface area (Å²) < 4.78 is 0. The molecule has 0 aromatic heterocycles. The van der Waals surface area contributed by atoms with Crippen LogP contribution in [0.1, 0.15) is 38.5 Å². The number of rotatable bonds is 2. The van der Waals surface area contributed by atoms with Gasteiger partial charge in [-0.05, 0) is 56.3 Å². The van der Waals surface area contributed by atoms with Crippen LogP contribution in [-0.4, -0.2) is 12.1 Å². The van der Waals surface area contributed by atoms with Gasteiger partial charge < -0.3 is 0 Å². The van der Waals surface area contributed by atoms with E-state index in [4.69, 9.17) is 5.26 Å². The first-order valence-corrected chi connectivity index (χ1v) is 5.92. The van der Waals surface area contributed by atoms with Crippen molar-refractivity contribution in [3.05, 3.63) is 0 Å². The molecule has 0 amide bonds. The van der Waals surface area contributed by atoms with E-state index in [1.807, 2.05) is 0 Å². The first-order chi connectivity index (χ1) is 6.80. The molecule has 14 heavy (non-hydrogen) atoms. The Morgan fingerprint density at radius 2 is 1.57 bits per heavy atom. The molecule has 0 spiro atoms. The van der Waals surface area contributed by atoms with Crippen molar-refractivity contribution in [3.63, 3.8) is 0 Å². The van der Waals surface area contributed by atoms with E-state index in [-0.39, 0.29) is 0 Å². The predicted molar refractivity (Wildman–Crippen MR) is 54.5 cm³/mol. The lowest BCUT2D eigenvalue weighted by molar-refractivity contribution is -0.0176. The van der Waals surface area contributed by atoms with Gasteiger partial charge in [0.1, 0.15) is 0 Å². The van der Waals surface area contributed by atoms with Gasteiger partial charge in [0.2, 0.25) is 0 Å². The molecule has 0 aliphatic heterocycles. The fourth-order valence-electron chi connectivity index (χ4n) is 4.55. The summed E-state index contributed by atoms with van der Waals surface area (Å²) in [5.41, 5.74) is 0.379. The molecule has 1 N–H and O–H groups in total. The summed E-state index contributed by atoms with van der Waals surface area (Å²) in [4.78, 5) is 0. The quantitative estimate of drug-likeness (QED) is 0.677. The van der Waals surface area contributed by atoms with E-state index in [0.29, 0.717) is 12.1 Å². The van der Waals surface area contributed by atoms with Crippen molar-refractivity contribution in [1.29, 1.82) is 5.26 Å². The molecule has 4 fully saturated rings. The molecule has 2 heteroatoms. The molecule has 4 aliphatic carbocycles. The molecule has 0 aromatic rings. The average Bonchev–Trinajstić information content (AvgIpc) is 2.12. The number of hydrogen-bond donors (Lipinski definition) is 1. The van der Waals surface area contributed by atoms with Gasteiger partial charge in [0, 0.05) is 5.54 Å². The Hall–Kier alpha value is -0.550. The minimum atomic E-state index is 0.379. The second-order valence-corrected chi connectivity index (χ2v) is 5.71. The Bertz CT molecular complexity index is 241. The summed E-state index contributed by atoms with van der Waals surface area (Å²) in [5.74, 6) is 2.94. The summed E-state index contributed by atoms with van der Waals surface area (Å²) in [6.45, 7) is 0.548. The maximum atomic E-state index is 8.66. The Balaban J connectivity index is 1.78.